The van der Waals surface area contributed by atoms with Gasteiger partial charge in [0, 0.05) is 0 Å². The number of hydrogen-bond donors (Lipinski definition) is 0. The molecule has 0 aliphatic heterocycles. The SMILES string of the molecule is C#C/C=C/[Si](C)(C)Cc1ccccc1. The number of allylic oxidation sites excluding steroid dienone is 1. The Morgan fingerprint density at radius 1 is 1.29 bits per heavy atom. The molecule has 0 N–H and O–H groups in total. The lowest BCUT2D eigenvalue weighted by Crippen LogP contribution is -2.26. The van der Waals surface area contributed by atoms with E-state index in [0.29, 0.717) is 0 Å². The summed E-state index contributed by atoms with van der Waals surface area (Å²) in [6, 6.07) is 11.7. The Balaban J connectivity index is 2.69. The normalized spacial score (nSPS) is 11.5. The molecule has 0 spiro atoms. The molecule has 72 valence electrons. The van der Waals surface area contributed by atoms with Crippen molar-refractivity contribution in [1.29, 1.82) is 0 Å². The standard InChI is InChI=1S/C13H16Si/c1-4-5-11-14(2,3)12-13-9-7-6-8-10-13/h1,5-11H,12H2,2-3H3/b11-5+. The van der Waals surface area contributed by atoms with Gasteiger partial charge in [-0.25, -0.2) is 0 Å². The molecule has 1 aromatic rings. The van der Waals surface area contributed by atoms with Crippen molar-refractivity contribution in [2.24, 2.45) is 0 Å². The summed E-state index contributed by atoms with van der Waals surface area (Å²) in [5.74, 6) is 2.56. The average Bonchev–Trinajstić information content (AvgIpc) is 2.16. The van der Waals surface area contributed by atoms with Crippen LogP contribution >= 0.6 is 0 Å². The van der Waals surface area contributed by atoms with Crippen molar-refractivity contribution >= 4 is 8.07 Å². The van der Waals surface area contributed by atoms with Gasteiger partial charge in [0.25, 0.3) is 0 Å². The fourth-order valence-corrected chi connectivity index (χ4v) is 3.41. The number of hydrogen-bond acceptors (Lipinski definition) is 0. The summed E-state index contributed by atoms with van der Waals surface area (Å²) in [6.45, 7) is 4.65. The zero-order valence-electron chi connectivity index (χ0n) is 8.83. The topological polar surface area (TPSA) is 0 Å². The van der Waals surface area contributed by atoms with Crippen molar-refractivity contribution in [1.82, 2.24) is 0 Å². The van der Waals surface area contributed by atoms with Crippen LogP contribution in [0.4, 0.5) is 0 Å². The van der Waals surface area contributed by atoms with Gasteiger partial charge in [0.15, 0.2) is 0 Å². The number of terminal acetylenes is 1. The summed E-state index contributed by atoms with van der Waals surface area (Å²) >= 11 is 0. The molecule has 0 amide bonds. The van der Waals surface area contributed by atoms with Gasteiger partial charge in [-0.3, -0.25) is 0 Å². The third-order valence-corrected chi connectivity index (χ3v) is 4.52. The molecule has 0 aliphatic rings. The Morgan fingerprint density at radius 2 is 1.93 bits per heavy atom. The third kappa shape index (κ3) is 3.63. The van der Waals surface area contributed by atoms with Crippen molar-refractivity contribution in [3.05, 3.63) is 47.7 Å². The fraction of sp³-hybridized carbons (Fsp3) is 0.231. The van der Waals surface area contributed by atoms with Crippen molar-refractivity contribution < 1.29 is 0 Å². The van der Waals surface area contributed by atoms with Gasteiger partial charge in [0.1, 0.15) is 0 Å². The highest BCUT2D eigenvalue weighted by atomic mass is 28.3. The van der Waals surface area contributed by atoms with E-state index in [4.69, 9.17) is 6.42 Å². The Hall–Kier alpha value is -1.26. The molecular formula is C13H16Si. The van der Waals surface area contributed by atoms with Crippen LogP contribution in [0.2, 0.25) is 13.1 Å². The maximum atomic E-state index is 5.21. The molecule has 0 nitrogen and oxygen atoms in total. The molecule has 0 radical (unpaired) electrons. The first kappa shape index (κ1) is 10.8. The predicted octanol–water partition coefficient (Wildman–Crippen LogP) is 3.21. The Kier molecular flexibility index (Phi) is 3.73. The van der Waals surface area contributed by atoms with E-state index in [1.807, 2.05) is 6.08 Å². The summed E-state index contributed by atoms with van der Waals surface area (Å²) in [5.41, 5.74) is 3.63. The second-order valence-electron chi connectivity index (χ2n) is 4.15. The van der Waals surface area contributed by atoms with Crippen LogP contribution in [0.15, 0.2) is 42.1 Å². The molecule has 0 saturated carbocycles. The number of benzene rings is 1. The van der Waals surface area contributed by atoms with E-state index in [-0.39, 0.29) is 0 Å². The highest BCUT2D eigenvalue weighted by Crippen LogP contribution is 2.12. The highest BCUT2D eigenvalue weighted by molar-refractivity contribution is 6.81. The molecule has 0 fully saturated rings. The maximum absolute atomic E-state index is 5.21. The lowest BCUT2D eigenvalue weighted by atomic mass is 10.2. The Bertz CT molecular complexity index is 341. The van der Waals surface area contributed by atoms with Gasteiger partial charge in [-0.1, -0.05) is 60.6 Å². The van der Waals surface area contributed by atoms with E-state index >= 15 is 0 Å². The monoisotopic (exact) mass is 200 g/mol. The molecule has 0 heterocycles. The van der Waals surface area contributed by atoms with E-state index in [1.54, 1.807) is 0 Å². The minimum Gasteiger partial charge on any atom is -0.115 e. The van der Waals surface area contributed by atoms with E-state index in [0.717, 1.165) is 6.04 Å². The molecule has 1 rings (SSSR count). The van der Waals surface area contributed by atoms with Gasteiger partial charge in [0.05, 0.1) is 8.07 Å². The molecule has 14 heavy (non-hydrogen) atoms. The summed E-state index contributed by atoms with van der Waals surface area (Å²) in [7, 11) is -1.29. The van der Waals surface area contributed by atoms with Crippen LogP contribution < -0.4 is 0 Å². The maximum Gasteiger partial charge on any atom is 0.0768 e. The molecule has 0 bridgehead atoms. The van der Waals surface area contributed by atoms with E-state index in [1.165, 1.54) is 5.56 Å². The van der Waals surface area contributed by atoms with Crippen LogP contribution in [0.25, 0.3) is 0 Å². The molecule has 0 aromatic heterocycles. The fourth-order valence-electron chi connectivity index (χ4n) is 1.45. The molecule has 1 aromatic carbocycles. The first-order valence-corrected chi connectivity index (χ1v) is 8.10. The summed E-state index contributed by atoms with van der Waals surface area (Å²) in [6.07, 6.45) is 7.06. The van der Waals surface area contributed by atoms with Crippen LogP contribution in [0.3, 0.4) is 0 Å². The van der Waals surface area contributed by atoms with Crippen LogP contribution in [0.1, 0.15) is 5.56 Å². The second kappa shape index (κ2) is 4.83. The molecule has 0 unspecified atom stereocenters. The first-order valence-electron chi connectivity index (χ1n) is 4.82. The summed E-state index contributed by atoms with van der Waals surface area (Å²) in [4.78, 5) is 0. The van der Waals surface area contributed by atoms with Gasteiger partial charge < -0.3 is 0 Å². The van der Waals surface area contributed by atoms with Crippen LogP contribution in [-0.2, 0) is 6.04 Å². The van der Waals surface area contributed by atoms with Crippen LogP contribution in [0, 0.1) is 12.3 Å². The van der Waals surface area contributed by atoms with Gasteiger partial charge >= 0.3 is 0 Å². The molecule has 0 aliphatic carbocycles. The van der Waals surface area contributed by atoms with Crippen molar-refractivity contribution in [3.8, 4) is 12.3 Å². The lowest BCUT2D eigenvalue weighted by molar-refractivity contribution is 1.32. The minimum atomic E-state index is -1.29. The molecule has 0 atom stereocenters. The van der Waals surface area contributed by atoms with Crippen LogP contribution in [-0.4, -0.2) is 8.07 Å². The average molecular weight is 200 g/mol. The van der Waals surface area contributed by atoms with Gasteiger partial charge in [-0.2, -0.15) is 0 Å². The number of rotatable bonds is 3. The summed E-state index contributed by atoms with van der Waals surface area (Å²) in [5, 5.41) is 0. The smallest absolute Gasteiger partial charge is 0.0768 e. The minimum absolute atomic E-state index is 1.16. The van der Waals surface area contributed by atoms with E-state index < -0.39 is 8.07 Å². The molecule has 1 heteroatoms. The van der Waals surface area contributed by atoms with Crippen molar-refractivity contribution in [3.63, 3.8) is 0 Å². The zero-order valence-corrected chi connectivity index (χ0v) is 9.83. The second-order valence-corrected chi connectivity index (χ2v) is 8.82. The quantitative estimate of drug-likeness (QED) is 0.519. The predicted molar refractivity (Wildman–Crippen MR) is 65.6 cm³/mol. The van der Waals surface area contributed by atoms with Crippen molar-refractivity contribution in [2.75, 3.05) is 0 Å². The van der Waals surface area contributed by atoms with Gasteiger partial charge in [0.2, 0.25) is 0 Å². The van der Waals surface area contributed by atoms with Crippen molar-refractivity contribution in [2.45, 2.75) is 19.1 Å². The van der Waals surface area contributed by atoms with Gasteiger partial charge in [-0.05, 0) is 12.1 Å². The highest BCUT2D eigenvalue weighted by Gasteiger charge is 2.16. The lowest BCUT2D eigenvalue weighted by Gasteiger charge is -2.17. The summed E-state index contributed by atoms with van der Waals surface area (Å²) < 4.78 is 0. The zero-order chi connectivity index (χ0) is 10.4. The largest absolute Gasteiger partial charge is 0.115 e. The Labute approximate surface area is 87.7 Å². The molecule has 0 saturated heterocycles. The van der Waals surface area contributed by atoms with E-state index in [2.05, 4.69) is 55.0 Å². The first-order chi connectivity index (χ1) is 6.64. The van der Waals surface area contributed by atoms with Gasteiger partial charge in [-0.15, -0.1) is 6.42 Å². The Morgan fingerprint density at radius 3 is 2.50 bits per heavy atom. The van der Waals surface area contributed by atoms with Crippen LogP contribution in [0.5, 0.6) is 0 Å². The molecular weight excluding hydrogens is 184 g/mol. The van der Waals surface area contributed by atoms with E-state index in [9.17, 15) is 0 Å². The third-order valence-electron chi connectivity index (χ3n) is 2.13.